The monoisotopic (exact) mass is 552 g/mol. The molecule has 14 heteroatoms. The van der Waals surface area contributed by atoms with Gasteiger partial charge < -0.3 is 42.1 Å². The first-order chi connectivity index (χ1) is 18.2. The molecule has 0 heterocycles. The molecule has 0 saturated carbocycles. The van der Waals surface area contributed by atoms with E-state index >= 15 is 0 Å². The van der Waals surface area contributed by atoms with Crippen LogP contribution < -0.4 is 21.7 Å². The van der Waals surface area contributed by atoms with Crippen LogP contribution in [0.4, 0.5) is 0 Å². The van der Waals surface area contributed by atoms with Crippen LogP contribution in [0.25, 0.3) is 0 Å². The van der Waals surface area contributed by atoms with E-state index in [4.69, 9.17) is 15.9 Å². The summed E-state index contributed by atoms with van der Waals surface area (Å²) in [6, 6.07) is 0.556. The van der Waals surface area contributed by atoms with E-state index in [1.54, 1.807) is 26.0 Å². The van der Waals surface area contributed by atoms with Gasteiger partial charge in [0.2, 0.25) is 17.7 Å². The summed E-state index contributed by atoms with van der Waals surface area (Å²) in [6.07, 6.45) is -1.69. The molecule has 0 radical (unpaired) electrons. The van der Waals surface area contributed by atoms with Gasteiger partial charge in [-0.3, -0.25) is 24.0 Å². The third-order valence-electron chi connectivity index (χ3n) is 5.61. The van der Waals surface area contributed by atoms with Gasteiger partial charge in [0.05, 0.1) is 6.04 Å². The second-order valence-electron chi connectivity index (χ2n) is 9.49. The summed E-state index contributed by atoms with van der Waals surface area (Å²) in [5, 5.41) is 43.9. The molecule has 3 amide bonds. The summed E-state index contributed by atoms with van der Waals surface area (Å²) in [7, 11) is 0. The maximum absolute atomic E-state index is 13.0. The van der Waals surface area contributed by atoms with Crippen molar-refractivity contribution in [3.63, 3.8) is 0 Å². The van der Waals surface area contributed by atoms with E-state index < -0.39 is 72.6 Å². The lowest BCUT2D eigenvalue weighted by Gasteiger charge is -2.25. The first-order valence-electron chi connectivity index (χ1n) is 12.3. The Balaban J connectivity index is 3.04. The van der Waals surface area contributed by atoms with Crippen LogP contribution in [-0.4, -0.2) is 80.2 Å². The second kappa shape index (κ2) is 15.9. The van der Waals surface area contributed by atoms with Gasteiger partial charge in [-0.05, 0) is 49.3 Å². The Morgan fingerprint density at radius 3 is 1.59 bits per heavy atom. The molecule has 1 rings (SSSR count). The number of phenolic OH excluding ortho intramolecular Hbond substituents is 1. The third kappa shape index (κ3) is 12.7. The highest BCUT2D eigenvalue weighted by molar-refractivity contribution is 5.94. The number of carboxylic acids is 3. The minimum atomic E-state index is -1.47. The largest absolute Gasteiger partial charge is 0.508 e. The van der Waals surface area contributed by atoms with Crippen LogP contribution in [0.2, 0.25) is 0 Å². The lowest BCUT2D eigenvalue weighted by Crippen LogP contribution is -2.57. The van der Waals surface area contributed by atoms with E-state index in [-0.39, 0.29) is 37.4 Å². The highest BCUT2D eigenvalue weighted by atomic mass is 16.4. The fourth-order valence-electron chi connectivity index (χ4n) is 3.57. The van der Waals surface area contributed by atoms with Crippen LogP contribution in [0.5, 0.6) is 5.75 Å². The van der Waals surface area contributed by atoms with Crippen LogP contribution in [0.3, 0.4) is 0 Å². The van der Waals surface area contributed by atoms with Gasteiger partial charge in [0.15, 0.2) is 0 Å². The molecule has 0 aromatic heterocycles. The number of aromatic hydroxyl groups is 1. The van der Waals surface area contributed by atoms with Gasteiger partial charge >= 0.3 is 17.9 Å². The molecule has 14 nitrogen and oxygen atoms in total. The second-order valence-corrected chi connectivity index (χ2v) is 9.49. The van der Waals surface area contributed by atoms with Crippen LogP contribution in [-0.2, 0) is 35.2 Å². The Morgan fingerprint density at radius 2 is 1.18 bits per heavy atom. The lowest BCUT2D eigenvalue weighted by molar-refractivity contribution is -0.143. The molecule has 0 aliphatic rings. The van der Waals surface area contributed by atoms with Crippen molar-refractivity contribution in [2.75, 3.05) is 0 Å². The number of carbonyl (C=O) groups excluding carboxylic acids is 3. The number of nitrogens with one attached hydrogen (secondary N) is 3. The number of carbonyl (C=O) groups is 6. The summed E-state index contributed by atoms with van der Waals surface area (Å²) in [5.41, 5.74) is 6.55. The fraction of sp³-hybridized carbons (Fsp3) is 0.520. The number of rotatable bonds is 17. The maximum atomic E-state index is 13.0. The van der Waals surface area contributed by atoms with Crippen molar-refractivity contribution in [1.82, 2.24) is 16.0 Å². The van der Waals surface area contributed by atoms with Gasteiger partial charge in [-0.2, -0.15) is 0 Å². The van der Waals surface area contributed by atoms with E-state index in [0.717, 1.165) is 0 Å². The Morgan fingerprint density at radius 1 is 0.744 bits per heavy atom. The Kier molecular flexibility index (Phi) is 13.4. The summed E-state index contributed by atoms with van der Waals surface area (Å²) in [5.74, 6) is -6.61. The van der Waals surface area contributed by atoms with Gasteiger partial charge in [0, 0.05) is 12.8 Å². The van der Waals surface area contributed by atoms with Crippen LogP contribution in [0, 0.1) is 5.92 Å². The Hall–Kier alpha value is -4.20. The quantitative estimate of drug-likeness (QED) is 0.123. The molecule has 39 heavy (non-hydrogen) atoms. The predicted octanol–water partition coefficient (Wildman–Crippen LogP) is -0.423. The van der Waals surface area contributed by atoms with Gasteiger partial charge in [-0.1, -0.05) is 26.0 Å². The van der Waals surface area contributed by atoms with E-state index in [0.29, 0.717) is 5.56 Å². The molecule has 0 saturated heterocycles. The third-order valence-corrected chi connectivity index (χ3v) is 5.61. The number of hydrogen-bond donors (Lipinski definition) is 8. The standard InChI is InChI=1S/C25H36N4O10/c1-13(2)11-19(25(38)39)29-24(37)18(8-10-21(33)34)28-23(36)17(7-9-20(31)32)27-22(35)16(26)12-14-3-5-15(30)6-4-14/h3-6,13,16-19,30H,7-12,26H2,1-2H3,(H,27,35)(H,28,36)(H,29,37)(H,31,32)(H,33,34)(H,38,39). The zero-order chi connectivity index (χ0) is 29.7. The SMILES string of the molecule is CC(C)CC(NC(=O)C(CCC(=O)O)NC(=O)C(CCC(=O)O)NC(=O)C(N)Cc1ccc(O)cc1)C(=O)O. The summed E-state index contributed by atoms with van der Waals surface area (Å²) >= 11 is 0. The van der Waals surface area contributed by atoms with E-state index in [9.17, 15) is 39.0 Å². The van der Waals surface area contributed by atoms with Crippen LogP contribution in [0.15, 0.2) is 24.3 Å². The molecule has 0 aliphatic carbocycles. The molecule has 0 bridgehead atoms. The normalized spacial score (nSPS) is 13.9. The molecular formula is C25H36N4O10. The van der Waals surface area contributed by atoms with E-state index in [1.807, 2.05) is 0 Å². The van der Waals surface area contributed by atoms with Gasteiger partial charge in [0.1, 0.15) is 23.9 Å². The van der Waals surface area contributed by atoms with E-state index in [2.05, 4.69) is 16.0 Å². The first kappa shape index (κ1) is 32.8. The number of amides is 3. The minimum absolute atomic E-state index is 0.0162. The number of hydrogen-bond acceptors (Lipinski definition) is 8. The average Bonchev–Trinajstić information content (AvgIpc) is 2.84. The number of aliphatic carboxylic acids is 3. The number of benzene rings is 1. The summed E-state index contributed by atoms with van der Waals surface area (Å²) in [4.78, 5) is 72.3. The van der Waals surface area contributed by atoms with Crippen LogP contribution in [0.1, 0.15) is 51.5 Å². The van der Waals surface area contributed by atoms with Gasteiger partial charge in [-0.15, -0.1) is 0 Å². The maximum Gasteiger partial charge on any atom is 0.326 e. The smallest absolute Gasteiger partial charge is 0.326 e. The zero-order valence-corrected chi connectivity index (χ0v) is 21.8. The number of nitrogens with two attached hydrogens (primary N) is 1. The number of carboxylic acid groups (broad SMARTS) is 3. The number of phenols is 1. The fourth-order valence-corrected chi connectivity index (χ4v) is 3.57. The van der Waals surface area contributed by atoms with Crippen molar-refractivity contribution in [3.8, 4) is 5.75 Å². The van der Waals surface area contributed by atoms with Crippen molar-refractivity contribution in [3.05, 3.63) is 29.8 Å². The summed E-state index contributed by atoms with van der Waals surface area (Å²) < 4.78 is 0. The van der Waals surface area contributed by atoms with E-state index in [1.165, 1.54) is 12.1 Å². The van der Waals surface area contributed by atoms with Crippen molar-refractivity contribution < 1.29 is 49.2 Å². The molecule has 0 spiro atoms. The molecule has 4 unspecified atom stereocenters. The Labute approximate surface area is 225 Å². The van der Waals surface area contributed by atoms with Crippen molar-refractivity contribution >= 4 is 35.6 Å². The molecule has 1 aromatic carbocycles. The highest BCUT2D eigenvalue weighted by Crippen LogP contribution is 2.12. The van der Waals surface area contributed by atoms with Crippen molar-refractivity contribution in [2.24, 2.45) is 11.7 Å². The molecule has 216 valence electrons. The van der Waals surface area contributed by atoms with Crippen molar-refractivity contribution in [1.29, 1.82) is 0 Å². The molecule has 4 atom stereocenters. The topological polar surface area (TPSA) is 245 Å². The minimum Gasteiger partial charge on any atom is -0.508 e. The van der Waals surface area contributed by atoms with Gasteiger partial charge in [0.25, 0.3) is 0 Å². The highest BCUT2D eigenvalue weighted by Gasteiger charge is 2.31. The van der Waals surface area contributed by atoms with Gasteiger partial charge in [-0.25, -0.2) is 4.79 Å². The summed E-state index contributed by atoms with van der Waals surface area (Å²) in [6.45, 7) is 3.49. The predicted molar refractivity (Wildman–Crippen MR) is 136 cm³/mol. The van der Waals surface area contributed by atoms with Crippen molar-refractivity contribution in [2.45, 2.75) is 76.5 Å². The Bertz CT molecular complexity index is 1030. The molecule has 9 N–H and O–H groups in total. The lowest BCUT2D eigenvalue weighted by atomic mass is 10.0. The first-order valence-corrected chi connectivity index (χ1v) is 12.3. The molecule has 0 aliphatic heterocycles. The molecule has 1 aromatic rings. The zero-order valence-electron chi connectivity index (χ0n) is 21.8. The van der Waals surface area contributed by atoms with Crippen LogP contribution >= 0.6 is 0 Å². The molecular weight excluding hydrogens is 516 g/mol. The molecule has 0 fully saturated rings. The average molecular weight is 553 g/mol.